The predicted molar refractivity (Wildman–Crippen MR) is 98.6 cm³/mol. The molecule has 1 aromatic heterocycles. The lowest BCUT2D eigenvalue weighted by Crippen LogP contribution is -2.17. The van der Waals surface area contributed by atoms with Crippen LogP contribution in [0.5, 0.6) is 11.5 Å². The Morgan fingerprint density at radius 3 is 2.86 bits per heavy atom. The summed E-state index contributed by atoms with van der Waals surface area (Å²) in [4.78, 5) is 12.9. The minimum atomic E-state index is -4.77. The number of phenols is 1. The maximum Gasteiger partial charge on any atom is 0.573 e. The Morgan fingerprint density at radius 2 is 2.04 bits per heavy atom. The van der Waals surface area contributed by atoms with Gasteiger partial charge in [-0.25, -0.2) is 9.97 Å². The van der Waals surface area contributed by atoms with Crippen molar-refractivity contribution in [3.8, 4) is 11.5 Å². The van der Waals surface area contributed by atoms with Crippen molar-refractivity contribution >= 4 is 34.4 Å². The van der Waals surface area contributed by atoms with Crippen molar-refractivity contribution in [2.24, 2.45) is 4.99 Å². The minimum Gasteiger partial charge on any atom is -0.508 e. The van der Waals surface area contributed by atoms with Gasteiger partial charge in [0.25, 0.3) is 0 Å². The number of anilines is 2. The molecular weight excluding hydrogens is 373 g/mol. The quantitative estimate of drug-likeness (QED) is 0.676. The number of phenolic OH excluding ortho intramolecular Hbond substituents is 1. The van der Waals surface area contributed by atoms with Crippen molar-refractivity contribution < 1.29 is 23.0 Å². The van der Waals surface area contributed by atoms with Crippen LogP contribution in [0.15, 0.2) is 53.7 Å². The Balaban J connectivity index is 1.70. The van der Waals surface area contributed by atoms with Crippen LogP contribution in [0.25, 0.3) is 10.9 Å². The lowest BCUT2D eigenvalue weighted by molar-refractivity contribution is -0.274. The third-order valence-corrected chi connectivity index (χ3v) is 4.00. The number of benzene rings is 2. The molecule has 1 aliphatic heterocycles. The van der Waals surface area contributed by atoms with Crippen molar-refractivity contribution in [1.82, 2.24) is 9.97 Å². The Kier molecular flexibility index (Phi) is 4.34. The fraction of sp³-hybridized carbons (Fsp3) is 0.105. The second-order valence-corrected chi connectivity index (χ2v) is 5.97. The summed E-state index contributed by atoms with van der Waals surface area (Å²) in [5, 5.41) is 13.7. The van der Waals surface area contributed by atoms with Crippen LogP contribution in [-0.2, 0) is 6.42 Å². The van der Waals surface area contributed by atoms with Gasteiger partial charge in [-0.2, -0.15) is 0 Å². The number of hydrogen-bond donors (Lipinski definition) is 2. The van der Waals surface area contributed by atoms with E-state index < -0.39 is 6.36 Å². The van der Waals surface area contributed by atoms with Crippen molar-refractivity contribution in [1.29, 1.82) is 0 Å². The molecule has 0 radical (unpaired) electrons. The Labute approximate surface area is 157 Å². The molecule has 0 fully saturated rings. The number of ether oxygens (including phenoxy) is 1. The number of aromatic hydroxyl groups is 1. The van der Waals surface area contributed by atoms with Gasteiger partial charge in [0.1, 0.15) is 17.0 Å². The number of rotatable bonds is 3. The predicted octanol–water partition coefficient (Wildman–Crippen LogP) is 4.79. The highest BCUT2D eigenvalue weighted by Crippen LogP contribution is 2.37. The molecule has 0 atom stereocenters. The van der Waals surface area contributed by atoms with E-state index in [0.29, 0.717) is 34.3 Å². The third-order valence-electron chi connectivity index (χ3n) is 4.00. The second-order valence-electron chi connectivity index (χ2n) is 5.97. The Hall–Kier alpha value is -3.62. The van der Waals surface area contributed by atoms with Crippen molar-refractivity contribution in [2.75, 3.05) is 5.32 Å². The van der Waals surface area contributed by atoms with E-state index in [1.54, 1.807) is 24.4 Å². The number of allylic oxidation sites excluding steroid dienone is 2. The molecule has 0 saturated heterocycles. The lowest BCUT2D eigenvalue weighted by Gasteiger charge is -2.12. The Morgan fingerprint density at radius 1 is 1.18 bits per heavy atom. The van der Waals surface area contributed by atoms with Crippen LogP contribution in [0.2, 0.25) is 0 Å². The van der Waals surface area contributed by atoms with E-state index >= 15 is 0 Å². The van der Waals surface area contributed by atoms with Crippen LogP contribution in [0, 0.1) is 0 Å². The molecule has 0 bridgehead atoms. The van der Waals surface area contributed by atoms with E-state index in [1.807, 2.05) is 6.08 Å². The summed E-state index contributed by atoms with van der Waals surface area (Å²) in [5.74, 6) is -0.0720. The van der Waals surface area contributed by atoms with Crippen molar-refractivity contribution in [3.63, 3.8) is 0 Å². The number of halogens is 3. The monoisotopic (exact) mass is 386 g/mol. The van der Waals surface area contributed by atoms with Gasteiger partial charge in [0.15, 0.2) is 0 Å². The first kappa shape index (κ1) is 17.8. The van der Waals surface area contributed by atoms with Gasteiger partial charge in [-0.05, 0) is 30.7 Å². The highest BCUT2D eigenvalue weighted by molar-refractivity contribution is 5.95. The molecule has 0 saturated carbocycles. The smallest absolute Gasteiger partial charge is 0.508 e. The molecular formula is C19H13F3N4O2. The SMILES string of the molecule is Oc1cc2cnc(Nc3cccc(OC(F)(F)F)c3)nc2c2c1CC=CC=N2. The first-order chi connectivity index (χ1) is 13.4. The lowest BCUT2D eigenvalue weighted by atomic mass is 10.1. The van der Waals surface area contributed by atoms with Crippen molar-refractivity contribution in [3.05, 3.63) is 54.2 Å². The summed E-state index contributed by atoms with van der Waals surface area (Å²) in [6.45, 7) is 0. The molecule has 2 aromatic carbocycles. The molecule has 6 nitrogen and oxygen atoms in total. The fourth-order valence-corrected chi connectivity index (χ4v) is 2.85. The van der Waals surface area contributed by atoms with Gasteiger partial charge in [-0.3, -0.25) is 4.99 Å². The summed E-state index contributed by atoms with van der Waals surface area (Å²) in [7, 11) is 0. The molecule has 0 unspecified atom stereocenters. The average Bonchev–Trinajstić information content (AvgIpc) is 2.88. The normalized spacial score (nSPS) is 13.2. The topological polar surface area (TPSA) is 79.6 Å². The largest absolute Gasteiger partial charge is 0.573 e. The summed E-state index contributed by atoms with van der Waals surface area (Å²) >= 11 is 0. The standard InChI is InChI=1S/C19H13F3N4O2/c20-19(21,22)28-13-5-3-4-12(9-13)25-18-24-10-11-8-15(27)14-6-1-2-7-23-17(14)16(11)26-18/h1-5,7-10,27H,6H2,(H,24,25,26). The van der Waals surface area contributed by atoms with E-state index in [-0.39, 0.29) is 17.4 Å². The van der Waals surface area contributed by atoms with Gasteiger partial charge in [-0.15, -0.1) is 13.2 Å². The Bertz CT molecular complexity index is 1110. The third kappa shape index (κ3) is 3.73. The summed E-state index contributed by atoms with van der Waals surface area (Å²) in [6.07, 6.45) is 2.49. The van der Waals surface area contributed by atoms with E-state index in [4.69, 9.17) is 0 Å². The van der Waals surface area contributed by atoms with Gasteiger partial charge in [0.2, 0.25) is 5.95 Å². The van der Waals surface area contributed by atoms with Gasteiger partial charge in [0, 0.05) is 35.1 Å². The minimum absolute atomic E-state index is 0.104. The van der Waals surface area contributed by atoms with Gasteiger partial charge in [-0.1, -0.05) is 12.1 Å². The first-order valence-electron chi connectivity index (χ1n) is 8.23. The van der Waals surface area contributed by atoms with Crippen LogP contribution < -0.4 is 10.1 Å². The van der Waals surface area contributed by atoms with E-state index in [1.165, 1.54) is 24.4 Å². The van der Waals surface area contributed by atoms with E-state index in [2.05, 4.69) is 25.0 Å². The van der Waals surface area contributed by atoms with Crippen LogP contribution >= 0.6 is 0 Å². The van der Waals surface area contributed by atoms with Crippen LogP contribution in [0.3, 0.4) is 0 Å². The number of nitrogens with zero attached hydrogens (tertiary/aromatic N) is 3. The maximum atomic E-state index is 12.4. The highest BCUT2D eigenvalue weighted by atomic mass is 19.4. The zero-order valence-electron chi connectivity index (χ0n) is 14.2. The van der Waals surface area contributed by atoms with Gasteiger partial charge >= 0.3 is 6.36 Å². The molecule has 142 valence electrons. The molecule has 3 aromatic rings. The first-order valence-corrected chi connectivity index (χ1v) is 8.23. The molecule has 0 spiro atoms. The number of fused-ring (bicyclic) bond motifs is 3. The molecule has 1 aliphatic rings. The van der Waals surface area contributed by atoms with Crippen LogP contribution in [0.4, 0.5) is 30.5 Å². The number of aliphatic imine (C=N–C) groups is 1. The fourth-order valence-electron chi connectivity index (χ4n) is 2.85. The number of nitrogens with one attached hydrogen (secondary N) is 1. The second kappa shape index (κ2) is 6.84. The van der Waals surface area contributed by atoms with Crippen LogP contribution in [-0.4, -0.2) is 27.7 Å². The zero-order chi connectivity index (χ0) is 19.7. The summed E-state index contributed by atoms with van der Waals surface area (Å²) in [6, 6.07) is 6.94. The molecule has 2 N–H and O–H groups in total. The molecule has 28 heavy (non-hydrogen) atoms. The van der Waals surface area contributed by atoms with Gasteiger partial charge < -0.3 is 15.2 Å². The molecule has 9 heteroatoms. The van der Waals surface area contributed by atoms with Gasteiger partial charge in [0.05, 0.1) is 5.69 Å². The molecule has 2 heterocycles. The zero-order valence-corrected chi connectivity index (χ0v) is 14.2. The maximum absolute atomic E-state index is 12.4. The summed E-state index contributed by atoms with van der Waals surface area (Å²) < 4.78 is 41.1. The van der Waals surface area contributed by atoms with Crippen molar-refractivity contribution in [2.45, 2.75) is 12.8 Å². The van der Waals surface area contributed by atoms with E-state index in [9.17, 15) is 18.3 Å². The molecule has 0 aliphatic carbocycles. The number of aromatic nitrogens is 2. The highest BCUT2D eigenvalue weighted by Gasteiger charge is 2.31. The number of hydrogen-bond acceptors (Lipinski definition) is 6. The summed E-state index contributed by atoms with van der Waals surface area (Å²) in [5.41, 5.74) is 2.02. The number of alkyl halides is 3. The molecule has 4 rings (SSSR count). The average molecular weight is 386 g/mol. The van der Waals surface area contributed by atoms with E-state index in [0.717, 1.165) is 0 Å². The molecule has 0 amide bonds. The van der Waals surface area contributed by atoms with Crippen LogP contribution in [0.1, 0.15) is 5.56 Å².